The maximum atomic E-state index is 3.60. The van der Waals surface area contributed by atoms with Crippen molar-refractivity contribution in [3.8, 4) is 0 Å². The van der Waals surface area contributed by atoms with E-state index in [4.69, 9.17) is 0 Å². The van der Waals surface area contributed by atoms with Gasteiger partial charge in [-0.15, -0.1) is 0 Å². The molecule has 0 heterocycles. The highest BCUT2D eigenvalue weighted by molar-refractivity contribution is 5.33. The summed E-state index contributed by atoms with van der Waals surface area (Å²) in [5.41, 5.74) is 3.13. The zero-order valence-corrected chi connectivity index (χ0v) is 8.50. The lowest BCUT2D eigenvalue weighted by Crippen LogP contribution is -2.16. The highest BCUT2D eigenvalue weighted by Gasteiger charge is 2.26. The molecule has 74 valence electrons. The van der Waals surface area contributed by atoms with Gasteiger partial charge in [-0.3, -0.25) is 0 Å². The molecule has 0 atom stereocenters. The molecule has 1 aromatic carbocycles. The number of nitrogens with one attached hydrogen (secondary N) is 1. The predicted molar refractivity (Wildman–Crippen MR) is 58.3 cm³/mol. The molecular formula is C13H17N. The molecule has 0 saturated heterocycles. The Labute approximate surface area is 85.5 Å². The van der Waals surface area contributed by atoms with Gasteiger partial charge in [0.05, 0.1) is 0 Å². The number of benzene rings is 1. The monoisotopic (exact) mass is 187 g/mol. The molecule has 2 aliphatic carbocycles. The van der Waals surface area contributed by atoms with E-state index in [1.54, 1.807) is 5.56 Å². The third kappa shape index (κ3) is 1.83. The number of hydrogen-bond donors (Lipinski definition) is 1. The van der Waals surface area contributed by atoms with Gasteiger partial charge in [0.2, 0.25) is 0 Å². The van der Waals surface area contributed by atoms with Gasteiger partial charge in [-0.25, -0.2) is 0 Å². The van der Waals surface area contributed by atoms with Crippen LogP contribution in [0.25, 0.3) is 0 Å². The molecule has 14 heavy (non-hydrogen) atoms. The van der Waals surface area contributed by atoms with Gasteiger partial charge >= 0.3 is 0 Å². The maximum Gasteiger partial charge on any atom is 0.0210 e. The quantitative estimate of drug-likeness (QED) is 0.764. The Morgan fingerprint density at radius 1 is 1.07 bits per heavy atom. The Bertz CT molecular complexity index is 324. The van der Waals surface area contributed by atoms with Gasteiger partial charge in [-0.05, 0) is 42.7 Å². The van der Waals surface area contributed by atoms with Crippen LogP contribution in [0.4, 0.5) is 0 Å². The van der Waals surface area contributed by atoms with Crippen LogP contribution in [0.2, 0.25) is 0 Å². The van der Waals surface area contributed by atoms with Gasteiger partial charge < -0.3 is 5.32 Å². The van der Waals surface area contributed by atoms with Crippen LogP contribution < -0.4 is 5.32 Å². The molecule has 0 radical (unpaired) electrons. The van der Waals surface area contributed by atoms with Gasteiger partial charge in [0.25, 0.3) is 0 Å². The lowest BCUT2D eigenvalue weighted by molar-refractivity contribution is 0.682. The van der Waals surface area contributed by atoms with Crippen molar-refractivity contribution < 1.29 is 0 Å². The normalized spacial score (nSPS) is 21.1. The van der Waals surface area contributed by atoms with Crippen molar-refractivity contribution in [1.82, 2.24) is 5.32 Å². The fraction of sp³-hybridized carbons (Fsp3) is 0.538. The molecule has 2 fully saturated rings. The second-order valence-corrected chi connectivity index (χ2v) is 4.63. The molecule has 0 unspecified atom stereocenters. The van der Waals surface area contributed by atoms with Crippen LogP contribution in [-0.4, -0.2) is 6.04 Å². The summed E-state index contributed by atoms with van der Waals surface area (Å²) in [7, 11) is 0. The Balaban J connectivity index is 1.73. The highest BCUT2D eigenvalue weighted by Crippen LogP contribution is 2.41. The molecule has 0 aromatic heterocycles. The number of hydrogen-bond acceptors (Lipinski definition) is 1. The summed E-state index contributed by atoms with van der Waals surface area (Å²) in [6, 6.07) is 9.75. The van der Waals surface area contributed by atoms with E-state index in [0.717, 1.165) is 18.5 Å². The molecule has 0 bridgehead atoms. The minimum atomic E-state index is 0.822. The van der Waals surface area contributed by atoms with E-state index in [1.807, 2.05) is 0 Å². The maximum absolute atomic E-state index is 3.60. The van der Waals surface area contributed by atoms with E-state index in [2.05, 4.69) is 29.6 Å². The van der Waals surface area contributed by atoms with Crippen LogP contribution >= 0.6 is 0 Å². The predicted octanol–water partition coefficient (Wildman–Crippen LogP) is 2.82. The second-order valence-electron chi connectivity index (χ2n) is 4.63. The molecule has 1 N–H and O–H groups in total. The van der Waals surface area contributed by atoms with Crippen molar-refractivity contribution in [2.75, 3.05) is 0 Å². The van der Waals surface area contributed by atoms with Gasteiger partial charge in [-0.2, -0.15) is 0 Å². The Hall–Kier alpha value is -0.820. The van der Waals surface area contributed by atoms with Crippen LogP contribution in [-0.2, 0) is 6.54 Å². The summed E-state index contributed by atoms with van der Waals surface area (Å²) in [5.74, 6) is 0.882. The minimum Gasteiger partial charge on any atom is -0.310 e. The van der Waals surface area contributed by atoms with Gasteiger partial charge in [0.1, 0.15) is 0 Å². The van der Waals surface area contributed by atoms with E-state index >= 15 is 0 Å². The average molecular weight is 187 g/mol. The third-order valence-corrected chi connectivity index (χ3v) is 3.23. The molecule has 2 aliphatic rings. The zero-order valence-electron chi connectivity index (χ0n) is 8.50. The van der Waals surface area contributed by atoms with Gasteiger partial charge in [0.15, 0.2) is 0 Å². The van der Waals surface area contributed by atoms with Crippen molar-refractivity contribution >= 4 is 0 Å². The second kappa shape index (κ2) is 3.39. The lowest BCUT2D eigenvalue weighted by Gasteiger charge is -2.08. The molecule has 0 aliphatic heterocycles. The van der Waals surface area contributed by atoms with Crippen LogP contribution in [0.15, 0.2) is 24.3 Å². The van der Waals surface area contributed by atoms with Gasteiger partial charge in [-0.1, -0.05) is 24.3 Å². The smallest absolute Gasteiger partial charge is 0.0210 e. The molecule has 0 spiro atoms. The van der Waals surface area contributed by atoms with Crippen molar-refractivity contribution in [3.05, 3.63) is 35.4 Å². The van der Waals surface area contributed by atoms with E-state index in [9.17, 15) is 0 Å². The zero-order chi connectivity index (χ0) is 9.38. The van der Waals surface area contributed by atoms with Crippen LogP contribution in [0.3, 0.4) is 0 Å². The third-order valence-electron chi connectivity index (χ3n) is 3.23. The largest absolute Gasteiger partial charge is 0.310 e. The molecule has 2 saturated carbocycles. The van der Waals surface area contributed by atoms with Crippen molar-refractivity contribution in [2.24, 2.45) is 0 Å². The average Bonchev–Trinajstić information content (AvgIpc) is 3.07. The van der Waals surface area contributed by atoms with E-state index < -0.39 is 0 Å². The standard InChI is InChI=1S/C13H17N/c1-2-4-13(10-5-6-10)11(3-1)9-14-12-7-8-12/h1-4,10,12,14H,5-9H2. The molecular weight excluding hydrogens is 170 g/mol. The molecule has 1 nitrogen and oxygen atoms in total. The molecule has 3 rings (SSSR count). The first kappa shape index (κ1) is 8.49. The Kier molecular flexibility index (Phi) is 2.06. The van der Waals surface area contributed by atoms with Crippen LogP contribution in [0.1, 0.15) is 42.7 Å². The van der Waals surface area contributed by atoms with Crippen molar-refractivity contribution in [3.63, 3.8) is 0 Å². The number of rotatable bonds is 4. The molecule has 0 amide bonds. The lowest BCUT2D eigenvalue weighted by atomic mass is 10.0. The first-order chi connectivity index (χ1) is 6.93. The summed E-state index contributed by atoms with van der Waals surface area (Å²) in [6.45, 7) is 1.08. The Morgan fingerprint density at radius 3 is 2.57 bits per heavy atom. The van der Waals surface area contributed by atoms with Gasteiger partial charge in [0, 0.05) is 12.6 Å². The van der Waals surface area contributed by atoms with Crippen LogP contribution in [0, 0.1) is 0 Å². The highest BCUT2D eigenvalue weighted by atomic mass is 14.9. The minimum absolute atomic E-state index is 0.822. The molecule has 1 aromatic rings. The van der Waals surface area contributed by atoms with Crippen molar-refractivity contribution in [2.45, 2.75) is 44.2 Å². The van der Waals surface area contributed by atoms with E-state index in [-0.39, 0.29) is 0 Å². The fourth-order valence-corrected chi connectivity index (χ4v) is 2.03. The first-order valence-electron chi connectivity index (χ1n) is 5.74. The molecule has 1 heteroatoms. The Morgan fingerprint density at radius 2 is 1.86 bits per heavy atom. The summed E-state index contributed by atoms with van der Waals surface area (Å²) in [4.78, 5) is 0. The summed E-state index contributed by atoms with van der Waals surface area (Å²) < 4.78 is 0. The van der Waals surface area contributed by atoms with Crippen molar-refractivity contribution in [1.29, 1.82) is 0 Å². The summed E-state index contributed by atoms with van der Waals surface area (Å²) >= 11 is 0. The summed E-state index contributed by atoms with van der Waals surface area (Å²) in [5, 5.41) is 3.60. The van der Waals surface area contributed by atoms with E-state index in [0.29, 0.717) is 0 Å². The van der Waals surface area contributed by atoms with Crippen LogP contribution in [0.5, 0.6) is 0 Å². The first-order valence-corrected chi connectivity index (χ1v) is 5.74. The van der Waals surface area contributed by atoms with E-state index in [1.165, 1.54) is 31.2 Å². The summed E-state index contributed by atoms with van der Waals surface area (Å²) in [6.07, 6.45) is 5.57. The fourth-order valence-electron chi connectivity index (χ4n) is 2.03. The SMILES string of the molecule is c1ccc(C2CC2)c(CNC2CC2)c1. The topological polar surface area (TPSA) is 12.0 Å².